The van der Waals surface area contributed by atoms with E-state index in [-0.39, 0.29) is 28.7 Å². The van der Waals surface area contributed by atoms with Crippen molar-refractivity contribution >= 4 is 23.4 Å². The van der Waals surface area contributed by atoms with E-state index in [4.69, 9.17) is 22.6 Å². The first-order chi connectivity index (χ1) is 11.4. The van der Waals surface area contributed by atoms with Crippen LogP contribution >= 0.6 is 0 Å². The number of hydrogen-bond acceptors (Lipinski definition) is 5. The third kappa shape index (κ3) is 4.04. The van der Waals surface area contributed by atoms with Gasteiger partial charge in [0.15, 0.2) is 0 Å². The van der Waals surface area contributed by atoms with Gasteiger partial charge >= 0.3 is 0 Å². The molecule has 7 heteroatoms. The molecule has 1 atom stereocenters. The number of nitrogens with two attached hydrogens (primary N) is 3. The SMILES string of the molecule is CC.CN=C/C=C(\N)c1cn(C(C)C2CC2)c(=O)c(C(=N)N)c1N. The summed E-state index contributed by atoms with van der Waals surface area (Å²) in [5, 5.41) is 7.65. The molecular formula is C17H28N6O. The van der Waals surface area contributed by atoms with Gasteiger partial charge in [-0.25, -0.2) is 0 Å². The van der Waals surface area contributed by atoms with E-state index in [0.717, 1.165) is 12.8 Å². The lowest BCUT2D eigenvalue weighted by molar-refractivity contribution is 0.471. The summed E-state index contributed by atoms with van der Waals surface area (Å²) >= 11 is 0. The molecule has 7 nitrogen and oxygen atoms in total. The number of hydrogen-bond donors (Lipinski definition) is 4. The Bertz CT molecular complexity index is 713. The van der Waals surface area contributed by atoms with E-state index in [2.05, 4.69) is 4.99 Å². The fourth-order valence-corrected chi connectivity index (χ4v) is 2.49. The van der Waals surface area contributed by atoms with E-state index in [1.54, 1.807) is 30.1 Å². The molecule has 1 saturated carbocycles. The third-order valence-electron chi connectivity index (χ3n) is 4.00. The highest BCUT2D eigenvalue weighted by atomic mass is 16.1. The van der Waals surface area contributed by atoms with Crippen molar-refractivity contribution in [1.82, 2.24) is 4.57 Å². The number of aliphatic imine (C=N–C) groups is 1. The number of anilines is 1. The van der Waals surface area contributed by atoms with Crippen molar-refractivity contribution in [1.29, 1.82) is 5.41 Å². The Kier molecular flexibility index (Phi) is 6.76. The third-order valence-corrected chi connectivity index (χ3v) is 4.00. The van der Waals surface area contributed by atoms with Gasteiger partial charge in [-0.05, 0) is 31.8 Å². The lowest BCUT2D eigenvalue weighted by atomic mass is 10.1. The first-order valence-electron chi connectivity index (χ1n) is 8.15. The molecule has 132 valence electrons. The molecule has 0 aliphatic heterocycles. The van der Waals surface area contributed by atoms with Crippen molar-refractivity contribution < 1.29 is 0 Å². The highest BCUT2D eigenvalue weighted by molar-refractivity contribution is 6.02. The minimum Gasteiger partial charge on any atom is -0.398 e. The molecule has 2 rings (SSSR count). The van der Waals surface area contributed by atoms with E-state index >= 15 is 0 Å². The van der Waals surface area contributed by atoms with Crippen LogP contribution in [0.2, 0.25) is 0 Å². The van der Waals surface area contributed by atoms with Gasteiger partial charge in [0, 0.05) is 36.8 Å². The van der Waals surface area contributed by atoms with Gasteiger partial charge in [-0.15, -0.1) is 0 Å². The lowest BCUT2D eigenvalue weighted by Crippen LogP contribution is -2.34. The smallest absolute Gasteiger partial charge is 0.263 e. The maximum absolute atomic E-state index is 12.6. The number of amidine groups is 1. The zero-order valence-corrected chi connectivity index (χ0v) is 14.8. The highest BCUT2D eigenvalue weighted by Crippen LogP contribution is 2.39. The topological polar surface area (TPSA) is 136 Å². The van der Waals surface area contributed by atoms with Crippen LogP contribution in [0.3, 0.4) is 0 Å². The van der Waals surface area contributed by atoms with E-state index in [0.29, 0.717) is 17.2 Å². The van der Waals surface area contributed by atoms with Crippen molar-refractivity contribution in [3.63, 3.8) is 0 Å². The fourth-order valence-electron chi connectivity index (χ4n) is 2.49. The minimum absolute atomic E-state index is 0.00906. The Balaban J connectivity index is 0.00000139. The minimum atomic E-state index is -0.349. The molecule has 7 N–H and O–H groups in total. The second kappa shape index (κ2) is 8.33. The molecule has 1 fully saturated rings. The maximum Gasteiger partial charge on any atom is 0.263 e. The maximum atomic E-state index is 12.6. The van der Waals surface area contributed by atoms with Crippen molar-refractivity contribution in [2.24, 2.45) is 22.4 Å². The van der Waals surface area contributed by atoms with Crippen molar-refractivity contribution in [3.8, 4) is 0 Å². The Labute approximate surface area is 142 Å². The number of nitrogens with zero attached hydrogens (tertiary/aromatic N) is 2. The summed E-state index contributed by atoms with van der Waals surface area (Å²) in [7, 11) is 1.63. The fraction of sp³-hybridized carbons (Fsp3) is 0.471. The summed E-state index contributed by atoms with van der Waals surface area (Å²) in [6.45, 7) is 5.98. The van der Waals surface area contributed by atoms with Crippen molar-refractivity contribution in [2.45, 2.75) is 39.7 Å². The molecular weight excluding hydrogens is 304 g/mol. The van der Waals surface area contributed by atoms with E-state index in [9.17, 15) is 4.79 Å². The van der Waals surface area contributed by atoms with Crippen LogP contribution in [0.4, 0.5) is 5.69 Å². The van der Waals surface area contributed by atoms with Crippen molar-refractivity contribution in [3.05, 3.63) is 33.8 Å². The Morgan fingerprint density at radius 3 is 2.46 bits per heavy atom. The summed E-state index contributed by atoms with van der Waals surface area (Å²) in [6.07, 6.45) is 6.99. The number of pyridine rings is 1. The number of nitrogen functional groups attached to an aromatic ring is 2. The number of aromatic nitrogens is 1. The molecule has 1 unspecified atom stereocenters. The molecule has 0 amide bonds. The van der Waals surface area contributed by atoms with Gasteiger partial charge in [-0.3, -0.25) is 15.2 Å². The Morgan fingerprint density at radius 2 is 2.00 bits per heavy atom. The zero-order chi connectivity index (χ0) is 18.4. The van der Waals surface area contributed by atoms with Gasteiger partial charge in [0.2, 0.25) is 0 Å². The van der Waals surface area contributed by atoms with Gasteiger partial charge in [0.05, 0.1) is 5.69 Å². The van der Waals surface area contributed by atoms with E-state index in [1.807, 2.05) is 20.8 Å². The Hall–Kier alpha value is -2.57. The summed E-state index contributed by atoms with van der Waals surface area (Å²) in [6, 6.07) is 0.0255. The number of allylic oxidation sites excluding steroid dienone is 1. The first kappa shape index (κ1) is 19.5. The van der Waals surface area contributed by atoms with Crippen LogP contribution in [0.1, 0.15) is 50.8 Å². The molecule has 1 aliphatic carbocycles. The molecule has 0 bridgehead atoms. The molecule has 0 radical (unpaired) electrons. The predicted octanol–water partition coefficient (Wildman–Crippen LogP) is 1.71. The largest absolute Gasteiger partial charge is 0.398 e. The van der Waals surface area contributed by atoms with Crippen LogP contribution in [-0.2, 0) is 0 Å². The monoisotopic (exact) mass is 332 g/mol. The van der Waals surface area contributed by atoms with Crippen LogP contribution in [-0.4, -0.2) is 23.7 Å². The normalized spacial score (nSPS) is 15.8. The van der Waals surface area contributed by atoms with E-state index in [1.165, 1.54) is 0 Å². The summed E-state index contributed by atoms with van der Waals surface area (Å²) < 4.78 is 1.59. The quantitative estimate of drug-likeness (QED) is 0.482. The standard InChI is InChI=1S/C15H22N6O.C2H6/c1-8(9-3-4-9)21-7-10(11(16)5-6-20-2)13(17)12(14(18)19)15(21)22;1-2/h5-9H,3-4,16-17H2,1-2H3,(H3,18,19);1-2H3/b11-5-,20-6?;. The second-order valence-electron chi connectivity index (χ2n) is 5.56. The molecule has 1 aromatic rings. The van der Waals surface area contributed by atoms with Gasteiger partial charge in [-0.1, -0.05) is 13.8 Å². The Morgan fingerprint density at radius 1 is 1.42 bits per heavy atom. The number of rotatable bonds is 5. The van der Waals surface area contributed by atoms with Gasteiger partial charge in [0.1, 0.15) is 11.4 Å². The summed E-state index contributed by atoms with van der Waals surface area (Å²) in [4.78, 5) is 16.4. The highest BCUT2D eigenvalue weighted by Gasteiger charge is 2.31. The molecule has 0 saturated heterocycles. The molecule has 0 spiro atoms. The summed E-state index contributed by atoms with van der Waals surface area (Å²) in [5.41, 5.74) is 18.3. The van der Waals surface area contributed by atoms with Crippen molar-refractivity contribution in [2.75, 3.05) is 12.8 Å². The lowest BCUT2D eigenvalue weighted by Gasteiger charge is -2.19. The molecule has 0 aromatic carbocycles. The van der Waals surface area contributed by atoms with Gasteiger partial charge < -0.3 is 21.8 Å². The van der Waals surface area contributed by atoms with Gasteiger partial charge in [0.25, 0.3) is 5.56 Å². The summed E-state index contributed by atoms with van der Waals surface area (Å²) in [5.74, 6) is 0.120. The molecule has 24 heavy (non-hydrogen) atoms. The second-order valence-corrected chi connectivity index (χ2v) is 5.56. The van der Waals surface area contributed by atoms with Crippen LogP contribution in [0.25, 0.3) is 5.70 Å². The first-order valence-corrected chi connectivity index (χ1v) is 8.15. The van der Waals surface area contributed by atoms with Crippen LogP contribution in [0, 0.1) is 11.3 Å². The van der Waals surface area contributed by atoms with Crippen LogP contribution < -0.4 is 22.8 Å². The van der Waals surface area contributed by atoms with Crippen LogP contribution in [0.15, 0.2) is 22.1 Å². The molecule has 1 heterocycles. The molecule has 1 aliphatic rings. The van der Waals surface area contributed by atoms with E-state index < -0.39 is 0 Å². The number of nitrogens with one attached hydrogen (secondary N) is 1. The van der Waals surface area contributed by atoms with Crippen LogP contribution in [0.5, 0.6) is 0 Å². The predicted molar refractivity (Wildman–Crippen MR) is 101 cm³/mol. The van der Waals surface area contributed by atoms with Gasteiger partial charge in [-0.2, -0.15) is 0 Å². The average molecular weight is 332 g/mol. The average Bonchev–Trinajstić information content (AvgIpc) is 3.38. The zero-order valence-electron chi connectivity index (χ0n) is 14.8. The molecule has 1 aromatic heterocycles.